The minimum atomic E-state index is -0.838. The van der Waals surface area contributed by atoms with Gasteiger partial charge in [0.05, 0.1) is 12.7 Å². The van der Waals surface area contributed by atoms with Gasteiger partial charge >= 0.3 is 0 Å². The summed E-state index contributed by atoms with van der Waals surface area (Å²) in [6.45, 7) is 0. The van der Waals surface area contributed by atoms with Crippen LogP contribution >= 0.6 is 0 Å². The topological polar surface area (TPSA) is 83.0 Å². The van der Waals surface area contributed by atoms with Crippen LogP contribution in [0.1, 0.15) is 17.2 Å². The van der Waals surface area contributed by atoms with E-state index in [0.717, 1.165) is 0 Å². The monoisotopic (exact) mass is 387 g/mol. The van der Waals surface area contributed by atoms with Crippen LogP contribution in [0.4, 0.5) is 5.69 Å². The highest BCUT2D eigenvalue weighted by Gasteiger charge is 2.30. The van der Waals surface area contributed by atoms with Crippen molar-refractivity contribution in [3.8, 4) is 5.75 Å². The molecule has 146 valence electrons. The van der Waals surface area contributed by atoms with Crippen molar-refractivity contribution in [1.29, 1.82) is 0 Å². The Kier molecular flexibility index (Phi) is 6.55. The number of carbonyl (C=O) groups is 2. The predicted molar refractivity (Wildman–Crippen MR) is 113 cm³/mol. The highest BCUT2D eigenvalue weighted by atomic mass is 16.5. The van der Waals surface area contributed by atoms with Crippen LogP contribution in [-0.4, -0.2) is 18.7 Å². The van der Waals surface area contributed by atoms with E-state index in [0.29, 0.717) is 22.6 Å². The van der Waals surface area contributed by atoms with Crippen molar-refractivity contribution in [2.45, 2.75) is 6.04 Å². The van der Waals surface area contributed by atoms with Crippen LogP contribution in [0, 0.1) is 0 Å². The fourth-order valence-electron chi connectivity index (χ4n) is 3.05. The Hall–Kier alpha value is -3.70. The van der Waals surface area contributed by atoms with Crippen LogP contribution in [0.2, 0.25) is 0 Å². The van der Waals surface area contributed by atoms with Gasteiger partial charge in [0.15, 0.2) is 0 Å². The number of rotatable bonds is 8. The maximum atomic E-state index is 13.3. The van der Waals surface area contributed by atoms with Crippen LogP contribution in [0.25, 0.3) is 5.57 Å². The number of hydrogen-bond acceptors (Lipinski definition) is 4. The van der Waals surface area contributed by atoms with E-state index in [-0.39, 0.29) is 5.57 Å². The van der Waals surface area contributed by atoms with E-state index in [4.69, 9.17) is 4.74 Å². The Balaban J connectivity index is 1.95. The number of quaternary nitrogens is 1. The fourth-order valence-corrected chi connectivity index (χ4v) is 3.05. The van der Waals surface area contributed by atoms with Gasteiger partial charge in [0.25, 0.3) is 0 Å². The molecule has 29 heavy (non-hydrogen) atoms. The lowest BCUT2D eigenvalue weighted by Crippen LogP contribution is -2.41. The molecule has 0 spiro atoms. The molecule has 0 fully saturated rings. The van der Waals surface area contributed by atoms with E-state index in [1.54, 1.807) is 25.3 Å². The summed E-state index contributed by atoms with van der Waals surface area (Å²) in [5.74, 6) is -0.489. The average molecular weight is 387 g/mol. The molecule has 3 rings (SSSR count). The Labute approximate surface area is 169 Å². The molecule has 1 unspecified atom stereocenters. The number of methoxy groups -OCH3 is 1. The maximum Gasteiger partial charge on any atom is 0.237 e. The highest BCUT2D eigenvalue weighted by molar-refractivity contribution is 6.55. The van der Waals surface area contributed by atoms with Gasteiger partial charge in [0.1, 0.15) is 18.0 Å². The molecule has 0 aliphatic rings. The molecule has 0 aromatic heterocycles. The molecule has 0 radical (unpaired) electrons. The molecule has 0 saturated heterocycles. The third-order valence-electron chi connectivity index (χ3n) is 4.53. The molecule has 3 aromatic carbocycles. The molecule has 4 N–H and O–H groups in total. The molecule has 1 atom stereocenters. The van der Waals surface area contributed by atoms with E-state index < -0.39 is 17.6 Å². The van der Waals surface area contributed by atoms with Crippen molar-refractivity contribution in [2.24, 2.45) is 0 Å². The number of nitrogens with one attached hydrogen (secondary N) is 1. The lowest BCUT2D eigenvalue weighted by Gasteiger charge is -2.19. The number of ketones is 2. The Morgan fingerprint density at radius 2 is 1.59 bits per heavy atom. The molecular weight excluding hydrogens is 364 g/mol. The van der Waals surface area contributed by atoms with Gasteiger partial charge < -0.3 is 15.8 Å². The van der Waals surface area contributed by atoms with Crippen LogP contribution in [0.5, 0.6) is 5.75 Å². The van der Waals surface area contributed by atoms with Gasteiger partial charge in [0, 0.05) is 11.8 Å². The van der Waals surface area contributed by atoms with E-state index in [1.165, 1.54) is 6.20 Å². The van der Waals surface area contributed by atoms with E-state index >= 15 is 0 Å². The van der Waals surface area contributed by atoms with Gasteiger partial charge in [0.2, 0.25) is 11.6 Å². The number of benzene rings is 3. The summed E-state index contributed by atoms with van der Waals surface area (Å²) in [4.78, 5) is 26.3. The molecule has 0 heterocycles. The number of allylic oxidation sites excluding steroid dienone is 1. The number of Topliss-reactive ketones (excluding diaryl/α,β-unsaturated/α-hetero) is 2. The summed E-state index contributed by atoms with van der Waals surface area (Å²) < 4.78 is 5.25. The largest absolute Gasteiger partial charge is 0.497 e. The van der Waals surface area contributed by atoms with E-state index in [9.17, 15) is 9.59 Å². The quantitative estimate of drug-likeness (QED) is 0.459. The lowest BCUT2D eigenvalue weighted by atomic mass is 9.93. The van der Waals surface area contributed by atoms with Gasteiger partial charge in [-0.05, 0) is 23.3 Å². The second-order valence-electron chi connectivity index (χ2n) is 6.40. The van der Waals surface area contributed by atoms with Crippen molar-refractivity contribution >= 4 is 22.8 Å². The fraction of sp³-hybridized carbons (Fsp3) is 0.0833. The Morgan fingerprint density at radius 1 is 0.931 bits per heavy atom. The third kappa shape index (κ3) is 4.78. The first-order valence-electron chi connectivity index (χ1n) is 9.23. The summed E-state index contributed by atoms with van der Waals surface area (Å²) in [6, 6.07) is 24.6. The first-order chi connectivity index (χ1) is 14.1. The number of hydrogen-bond donors (Lipinski definition) is 2. The summed E-state index contributed by atoms with van der Waals surface area (Å²) in [5, 5.41) is 3.18. The third-order valence-corrected chi connectivity index (χ3v) is 4.53. The molecule has 5 nitrogen and oxygen atoms in total. The summed E-state index contributed by atoms with van der Waals surface area (Å²) in [7, 11) is 1.58. The van der Waals surface area contributed by atoms with Gasteiger partial charge in [-0.1, -0.05) is 66.7 Å². The van der Waals surface area contributed by atoms with Gasteiger partial charge in [-0.2, -0.15) is 0 Å². The van der Waals surface area contributed by atoms with Crippen molar-refractivity contribution < 1.29 is 20.1 Å². The highest BCUT2D eigenvalue weighted by Crippen LogP contribution is 2.26. The van der Waals surface area contributed by atoms with E-state index in [2.05, 4.69) is 11.1 Å². The smallest absolute Gasteiger partial charge is 0.237 e. The zero-order valence-electron chi connectivity index (χ0n) is 16.2. The van der Waals surface area contributed by atoms with Crippen LogP contribution in [0.15, 0.2) is 91.1 Å². The van der Waals surface area contributed by atoms with Gasteiger partial charge in [-0.15, -0.1) is 0 Å². The SMILES string of the molecule is COc1cccc(NC(C(=O)C(=O)C(=C[NH3+])c2ccccc2)c2ccccc2)c1. The van der Waals surface area contributed by atoms with E-state index in [1.807, 2.05) is 66.7 Å². The van der Waals surface area contributed by atoms with Crippen molar-refractivity contribution in [3.63, 3.8) is 0 Å². The molecule has 0 bridgehead atoms. The molecule has 0 amide bonds. The zero-order chi connectivity index (χ0) is 20.6. The van der Waals surface area contributed by atoms with Gasteiger partial charge in [-0.25, -0.2) is 0 Å². The van der Waals surface area contributed by atoms with Crippen LogP contribution < -0.4 is 15.8 Å². The zero-order valence-corrected chi connectivity index (χ0v) is 16.2. The first kappa shape index (κ1) is 20.0. The molecule has 0 saturated carbocycles. The average Bonchev–Trinajstić information content (AvgIpc) is 2.79. The number of anilines is 1. The first-order valence-corrected chi connectivity index (χ1v) is 9.23. The van der Waals surface area contributed by atoms with Crippen molar-refractivity contribution in [3.05, 3.63) is 102 Å². The molecular formula is C24H23N2O3+. The summed E-state index contributed by atoms with van der Waals surface area (Å²) >= 11 is 0. The molecule has 3 aromatic rings. The van der Waals surface area contributed by atoms with Crippen LogP contribution in [-0.2, 0) is 9.59 Å². The second-order valence-corrected chi connectivity index (χ2v) is 6.40. The normalized spacial score (nSPS) is 12.1. The second kappa shape index (κ2) is 9.48. The maximum absolute atomic E-state index is 13.3. The van der Waals surface area contributed by atoms with Crippen molar-refractivity contribution in [1.82, 2.24) is 0 Å². The minimum absolute atomic E-state index is 0.281. The predicted octanol–water partition coefficient (Wildman–Crippen LogP) is 3.27. The minimum Gasteiger partial charge on any atom is -0.497 e. The lowest BCUT2D eigenvalue weighted by molar-refractivity contribution is -0.273. The Bertz CT molecular complexity index is 1010. The standard InChI is InChI=1S/C24H22N2O3/c1-29-20-14-8-13-19(15-20)26-22(18-11-6-3-7-12-18)24(28)23(27)21(16-25)17-9-4-2-5-10-17/h2-16,22,26H,25H2,1H3/p+1. The Morgan fingerprint density at radius 3 is 2.21 bits per heavy atom. The number of ether oxygens (including phenoxy) is 1. The van der Waals surface area contributed by atoms with Gasteiger partial charge in [-0.3, -0.25) is 9.59 Å². The summed E-state index contributed by atoms with van der Waals surface area (Å²) in [5.41, 5.74) is 6.05. The molecule has 0 aliphatic heterocycles. The van der Waals surface area contributed by atoms with Crippen LogP contribution in [0.3, 0.4) is 0 Å². The van der Waals surface area contributed by atoms with Crippen molar-refractivity contribution in [2.75, 3.05) is 12.4 Å². The molecule has 5 heteroatoms. The summed E-state index contributed by atoms with van der Waals surface area (Å²) in [6.07, 6.45) is 1.43. The molecule has 0 aliphatic carbocycles. The number of carbonyl (C=O) groups excluding carboxylic acids is 2.